The summed E-state index contributed by atoms with van der Waals surface area (Å²) in [6, 6.07) is 14.0. The number of nitrogens with zero attached hydrogens (tertiary/aromatic N) is 2. The molecule has 2 rings (SSSR count). The maximum Gasteiger partial charge on any atom is 0.253 e. The smallest absolute Gasteiger partial charge is 0.253 e. The molecule has 2 aromatic rings. The van der Waals surface area contributed by atoms with E-state index < -0.39 is 10.0 Å². The highest BCUT2D eigenvalue weighted by atomic mass is 32.2. The second-order valence-corrected chi connectivity index (χ2v) is 7.62. The molecule has 25 heavy (non-hydrogen) atoms. The Hall–Kier alpha value is -2.85. The van der Waals surface area contributed by atoms with E-state index in [9.17, 15) is 13.2 Å². The summed E-state index contributed by atoms with van der Waals surface area (Å²) in [5.74, 6) is -0.221. The fourth-order valence-corrected chi connectivity index (χ4v) is 2.93. The molecule has 0 aliphatic heterocycles. The van der Waals surface area contributed by atoms with Crippen LogP contribution in [0.5, 0.6) is 0 Å². The Morgan fingerprint density at radius 2 is 1.84 bits per heavy atom. The molecule has 0 radical (unpaired) electrons. The molecule has 0 spiro atoms. The maximum absolute atomic E-state index is 12.6. The van der Waals surface area contributed by atoms with Gasteiger partial charge in [-0.15, -0.1) is 0 Å². The molecular weight excluding hydrogens is 338 g/mol. The van der Waals surface area contributed by atoms with E-state index in [4.69, 9.17) is 5.26 Å². The van der Waals surface area contributed by atoms with Gasteiger partial charge in [-0.1, -0.05) is 18.2 Å². The summed E-state index contributed by atoms with van der Waals surface area (Å²) in [4.78, 5) is 14.1. The van der Waals surface area contributed by atoms with E-state index >= 15 is 0 Å². The standard InChI is InChI=1S/C18H19N3O3S/c1-13-4-9-16(10-17(13)20-25(3,23)24)18(22)21(2)12-15-7-5-14(11-19)6-8-15/h4-10,20H,12H2,1-3H3. The molecule has 2 aromatic carbocycles. The molecule has 0 aliphatic rings. The summed E-state index contributed by atoms with van der Waals surface area (Å²) in [5.41, 5.74) is 2.98. The third-order valence-electron chi connectivity index (χ3n) is 3.63. The van der Waals surface area contributed by atoms with Crippen LogP contribution in [0.2, 0.25) is 0 Å². The Morgan fingerprint density at radius 1 is 1.20 bits per heavy atom. The zero-order chi connectivity index (χ0) is 18.6. The summed E-state index contributed by atoms with van der Waals surface area (Å²) in [6.45, 7) is 2.15. The van der Waals surface area contributed by atoms with Gasteiger partial charge in [-0.25, -0.2) is 8.42 Å². The summed E-state index contributed by atoms with van der Waals surface area (Å²) in [6.07, 6.45) is 1.07. The van der Waals surface area contributed by atoms with Gasteiger partial charge < -0.3 is 4.90 Å². The molecule has 0 saturated carbocycles. The molecule has 0 aliphatic carbocycles. The number of aryl methyl sites for hydroxylation is 1. The zero-order valence-corrected chi connectivity index (χ0v) is 15.1. The molecule has 0 saturated heterocycles. The lowest BCUT2D eigenvalue weighted by molar-refractivity contribution is 0.0785. The van der Waals surface area contributed by atoms with Crippen molar-refractivity contribution in [3.05, 3.63) is 64.7 Å². The van der Waals surface area contributed by atoms with Crippen molar-refractivity contribution in [1.82, 2.24) is 4.90 Å². The van der Waals surface area contributed by atoms with E-state index in [1.165, 1.54) is 11.0 Å². The molecule has 0 atom stereocenters. The number of hydrogen-bond acceptors (Lipinski definition) is 4. The lowest BCUT2D eigenvalue weighted by Gasteiger charge is -2.18. The highest BCUT2D eigenvalue weighted by molar-refractivity contribution is 7.92. The molecule has 6 nitrogen and oxygen atoms in total. The minimum atomic E-state index is -3.42. The number of hydrogen-bond donors (Lipinski definition) is 1. The molecular formula is C18H19N3O3S. The number of benzene rings is 2. The Bertz CT molecular complexity index is 929. The molecule has 130 valence electrons. The van der Waals surface area contributed by atoms with Crippen LogP contribution in [0, 0.1) is 18.3 Å². The second kappa shape index (κ2) is 7.36. The third kappa shape index (κ3) is 5.06. The Morgan fingerprint density at radius 3 is 2.40 bits per heavy atom. The number of carbonyl (C=O) groups is 1. The number of nitrogens with one attached hydrogen (secondary N) is 1. The largest absolute Gasteiger partial charge is 0.337 e. The van der Waals surface area contributed by atoms with Crippen LogP contribution in [0.1, 0.15) is 27.0 Å². The average molecular weight is 357 g/mol. The van der Waals surface area contributed by atoms with Crippen LogP contribution < -0.4 is 4.72 Å². The van der Waals surface area contributed by atoms with Gasteiger partial charge in [-0.2, -0.15) is 5.26 Å². The van der Waals surface area contributed by atoms with Gasteiger partial charge in [0.15, 0.2) is 0 Å². The molecule has 0 fully saturated rings. The number of carbonyl (C=O) groups excluding carboxylic acids is 1. The first-order valence-electron chi connectivity index (χ1n) is 7.52. The van der Waals surface area contributed by atoms with Crippen molar-refractivity contribution >= 4 is 21.6 Å². The topological polar surface area (TPSA) is 90.3 Å². The Kier molecular flexibility index (Phi) is 5.45. The first-order chi connectivity index (χ1) is 11.7. The minimum Gasteiger partial charge on any atom is -0.337 e. The van der Waals surface area contributed by atoms with E-state index in [0.717, 1.165) is 17.4 Å². The van der Waals surface area contributed by atoms with Crippen molar-refractivity contribution < 1.29 is 13.2 Å². The first kappa shape index (κ1) is 18.5. The molecule has 1 N–H and O–H groups in total. The van der Waals surface area contributed by atoms with Crippen LogP contribution in [0.3, 0.4) is 0 Å². The van der Waals surface area contributed by atoms with Gasteiger partial charge in [0.25, 0.3) is 5.91 Å². The highest BCUT2D eigenvalue weighted by Gasteiger charge is 2.15. The quantitative estimate of drug-likeness (QED) is 0.890. The Balaban J connectivity index is 2.18. The molecule has 0 aromatic heterocycles. The highest BCUT2D eigenvalue weighted by Crippen LogP contribution is 2.19. The van der Waals surface area contributed by atoms with Crippen molar-refractivity contribution in [2.24, 2.45) is 0 Å². The fraction of sp³-hybridized carbons (Fsp3) is 0.222. The van der Waals surface area contributed by atoms with Gasteiger partial charge in [0.2, 0.25) is 10.0 Å². The molecule has 0 heterocycles. The predicted octanol–water partition coefficient (Wildman–Crippen LogP) is 2.51. The van der Waals surface area contributed by atoms with Crippen LogP contribution in [0.25, 0.3) is 0 Å². The summed E-state index contributed by atoms with van der Waals surface area (Å²) >= 11 is 0. The molecule has 7 heteroatoms. The van der Waals surface area contributed by atoms with Crippen LogP contribution in [0.4, 0.5) is 5.69 Å². The predicted molar refractivity (Wildman–Crippen MR) is 96.6 cm³/mol. The van der Waals surface area contributed by atoms with E-state index in [2.05, 4.69) is 4.72 Å². The number of sulfonamides is 1. The van der Waals surface area contributed by atoms with E-state index in [0.29, 0.717) is 23.4 Å². The van der Waals surface area contributed by atoms with Gasteiger partial charge in [0.05, 0.1) is 23.6 Å². The van der Waals surface area contributed by atoms with Gasteiger partial charge >= 0.3 is 0 Å². The minimum absolute atomic E-state index is 0.221. The number of nitriles is 1. The molecule has 0 bridgehead atoms. The number of amides is 1. The summed E-state index contributed by atoms with van der Waals surface area (Å²) in [5, 5.41) is 8.81. The molecule has 1 amide bonds. The van der Waals surface area contributed by atoms with Crippen molar-refractivity contribution in [3.8, 4) is 6.07 Å². The van der Waals surface area contributed by atoms with Gasteiger partial charge in [0, 0.05) is 19.2 Å². The summed E-state index contributed by atoms with van der Waals surface area (Å²) < 4.78 is 25.3. The van der Waals surface area contributed by atoms with Crippen molar-refractivity contribution in [1.29, 1.82) is 5.26 Å². The lowest BCUT2D eigenvalue weighted by atomic mass is 10.1. The molecule has 0 unspecified atom stereocenters. The van der Waals surface area contributed by atoms with E-state index in [-0.39, 0.29) is 5.91 Å². The van der Waals surface area contributed by atoms with Gasteiger partial charge in [-0.3, -0.25) is 9.52 Å². The second-order valence-electron chi connectivity index (χ2n) is 5.87. The zero-order valence-electron chi connectivity index (χ0n) is 14.3. The lowest BCUT2D eigenvalue weighted by Crippen LogP contribution is -2.26. The number of anilines is 1. The first-order valence-corrected chi connectivity index (χ1v) is 9.41. The van der Waals surface area contributed by atoms with Gasteiger partial charge in [0.1, 0.15) is 0 Å². The summed E-state index contributed by atoms with van der Waals surface area (Å²) in [7, 11) is -1.75. The van der Waals surface area contributed by atoms with Crippen LogP contribution >= 0.6 is 0 Å². The van der Waals surface area contributed by atoms with Gasteiger partial charge in [-0.05, 0) is 42.3 Å². The SMILES string of the molecule is Cc1ccc(C(=O)N(C)Cc2ccc(C#N)cc2)cc1NS(C)(=O)=O. The maximum atomic E-state index is 12.6. The number of rotatable bonds is 5. The monoisotopic (exact) mass is 357 g/mol. The third-order valence-corrected chi connectivity index (χ3v) is 4.22. The Labute approximate surface area is 147 Å². The van der Waals surface area contributed by atoms with Crippen molar-refractivity contribution in [3.63, 3.8) is 0 Å². The van der Waals surface area contributed by atoms with E-state index in [1.807, 2.05) is 6.07 Å². The van der Waals surface area contributed by atoms with E-state index in [1.54, 1.807) is 50.4 Å². The normalized spacial score (nSPS) is 10.8. The fourth-order valence-electron chi connectivity index (χ4n) is 2.32. The average Bonchev–Trinajstić information content (AvgIpc) is 2.55. The van der Waals surface area contributed by atoms with Crippen molar-refractivity contribution in [2.45, 2.75) is 13.5 Å². The van der Waals surface area contributed by atoms with Crippen LogP contribution in [-0.4, -0.2) is 32.5 Å². The van der Waals surface area contributed by atoms with Crippen LogP contribution in [-0.2, 0) is 16.6 Å². The van der Waals surface area contributed by atoms with Crippen molar-refractivity contribution in [2.75, 3.05) is 18.0 Å². The van der Waals surface area contributed by atoms with Crippen LogP contribution in [0.15, 0.2) is 42.5 Å².